The number of anilines is 1. The summed E-state index contributed by atoms with van der Waals surface area (Å²) in [7, 11) is 0. The number of aliphatic hydroxyl groups is 1. The third kappa shape index (κ3) is 1.21. The van der Waals surface area contributed by atoms with E-state index in [4.69, 9.17) is 0 Å². The smallest absolute Gasteiger partial charge is 0.231 e. The third-order valence-electron chi connectivity index (χ3n) is 2.36. The van der Waals surface area contributed by atoms with Crippen molar-refractivity contribution >= 4 is 11.7 Å². The zero-order valence-corrected chi connectivity index (χ0v) is 7.27. The Morgan fingerprint density at radius 1 is 1.77 bits per heavy atom. The lowest BCUT2D eigenvalue weighted by atomic mass is 10.2. The minimum absolute atomic E-state index is 0.0655. The summed E-state index contributed by atoms with van der Waals surface area (Å²) < 4.78 is 0. The summed E-state index contributed by atoms with van der Waals surface area (Å²) in [4.78, 5) is 13.0. The molecule has 0 saturated carbocycles. The Kier molecular flexibility index (Phi) is 1.81. The second-order valence-corrected chi connectivity index (χ2v) is 3.22. The van der Waals surface area contributed by atoms with E-state index in [1.807, 2.05) is 6.92 Å². The van der Waals surface area contributed by atoms with E-state index in [0.29, 0.717) is 5.82 Å². The van der Waals surface area contributed by atoms with E-state index < -0.39 is 6.10 Å². The van der Waals surface area contributed by atoms with Gasteiger partial charge in [0.2, 0.25) is 5.91 Å². The molecule has 1 aliphatic rings. The number of aromatic nitrogens is 2. The van der Waals surface area contributed by atoms with Crippen molar-refractivity contribution < 1.29 is 9.90 Å². The zero-order valence-electron chi connectivity index (χ0n) is 7.27. The fourth-order valence-corrected chi connectivity index (χ4v) is 1.58. The summed E-state index contributed by atoms with van der Waals surface area (Å²) in [6.07, 6.45) is 1.20. The molecule has 0 aromatic carbocycles. The van der Waals surface area contributed by atoms with Gasteiger partial charge in [-0.25, -0.2) is 0 Å². The van der Waals surface area contributed by atoms with Gasteiger partial charge < -0.3 is 5.11 Å². The number of rotatable bonds is 1. The fourth-order valence-electron chi connectivity index (χ4n) is 1.58. The summed E-state index contributed by atoms with van der Waals surface area (Å²) >= 11 is 0. The van der Waals surface area contributed by atoms with Crippen LogP contribution in [0.15, 0.2) is 12.3 Å². The number of H-pyrrole nitrogens is 1. The normalized spacial score (nSPS) is 28.5. The number of carbonyl (C=O) groups excluding carboxylic acids is 1. The monoisotopic (exact) mass is 181 g/mol. The van der Waals surface area contributed by atoms with Crippen molar-refractivity contribution in [2.45, 2.75) is 25.5 Å². The van der Waals surface area contributed by atoms with Gasteiger partial charge in [0, 0.05) is 6.07 Å². The maximum Gasteiger partial charge on any atom is 0.231 e. The van der Waals surface area contributed by atoms with Crippen LogP contribution in [0.1, 0.15) is 13.3 Å². The summed E-state index contributed by atoms with van der Waals surface area (Å²) in [5.41, 5.74) is 0. The molecule has 0 bridgehead atoms. The van der Waals surface area contributed by atoms with Gasteiger partial charge in [0.1, 0.15) is 5.82 Å². The molecule has 0 radical (unpaired) electrons. The lowest BCUT2D eigenvalue weighted by Gasteiger charge is -2.20. The van der Waals surface area contributed by atoms with Gasteiger partial charge in [-0.1, -0.05) is 0 Å². The van der Waals surface area contributed by atoms with Crippen molar-refractivity contribution in [3.05, 3.63) is 12.3 Å². The minimum Gasteiger partial charge on any atom is -0.390 e. The molecule has 1 fully saturated rings. The van der Waals surface area contributed by atoms with Gasteiger partial charge >= 0.3 is 0 Å². The van der Waals surface area contributed by atoms with Crippen molar-refractivity contribution in [3.63, 3.8) is 0 Å². The first-order valence-electron chi connectivity index (χ1n) is 4.19. The van der Waals surface area contributed by atoms with Crippen LogP contribution in [0.3, 0.4) is 0 Å². The predicted octanol–water partition coefficient (Wildman–Crippen LogP) is -0.104. The quantitative estimate of drug-likeness (QED) is 0.635. The largest absolute Gasteiger partial charge is 0.390 e. The summed E-state index contributed by atoms with van der Waals surface area (Å²) in [6, 6.07) is 1.54. The van der Waals surface area contributed by atoms with E-state index in [9.17, 15) is 9.90 Å². The molecule has 1 amide bonds. The topological polar surface area (TPSA) is 69.2 Å². The molecule has 70 valence electrons. The van der Waals surface area contributed by atoms with Crippen LogP contribution in [0, 0.1) is 0 Å². The molecule has 5 nitrogen and oxygen atoms in total. The molecule has 13 heavy (non-hydrogen) atoms. The highest BCUT2D eigenvalue weighted by Gasteiger charge is 2.36. The van der Waals surface area contributed by atoms with Gasteiger partial charge in [0.05, 0.1) is 24.8 Å². The molecule has 1 aromatic rings. The molecule has 5 heteroatoms. The molecule has 2 atom stereocenters. The number of nitrogens with zero attached hydrogens (tertiary/aromatic N) is 2. The van der Waals surface area contributed by atoms with Gasteiger partial charge in [-0.2, -0.15) is 5.10 Å². The van der Waals surface area contributed by atoms with Crippen LogP contribution in [0.2, 0.25) is 0 Å². The van der Waals surface area contributed by atoms with E-state index in [-0.39, 0.29) is 18.4 Å². The molecule has 2 unspecified atom stereocenters. The van der Waals surface area contributed by atoms with Crippen molar-refractivity contribution in [1.29, 1.82) is 0 Å². The van der Waals surface area contributed by atoms with Crippen molar-refractivity contribution in [2.24, 2.45) is 0 Å². The van der Waals surface area contributed by atoms with Crippen molar-refractivity contribution in [2.75, 3.05) is 4.90 Å². The van der Waals surface area contributed by atoms with Crippen LogP contribution in [0.25, 0.3) is 0 Å². The van der Waals surface area contributed by atoms with Crippen LogP contribution >= 0.6 is 0 Å². The lowest BCUT2D eigenvalue weighted by Crippen LogP contribution is -2.34. The Bertz CT molecular complexity index is 309. The van der Waals surface area contributed by atoms with E-state index in [2.05, 4.69) is 10.2 Å². The molecule has 1 aromatic heterocycles. The summed E-state index contributed by atoms with van der Waals surface area (Å²) in [5, 5.41) is 15.9. The summed E-state index contributed by atoms with van der Waals surface area (Å²) in [6.45, 7) is 1.82. The van der Waals surface area contributed by atoms with E-state index in [0.717, 1.165) is 0 Å². The second-order valence-electron chi connectivity index (χ2n) is 3.22. The maximum atomic E-state index is 11.4. The number of hydrogen-bond donors (Lipinski definition) is 2. The lowest BCUT2D eigenvalue weighted by molar-refractivity contribution is -0.117. The van der Waals surface area contributed by atoms with E-state index in [1.54, 1.807) is 12.3 Å². The number of aromatic amines is 1. The Balaban J connectivity index is 2.29. The number of nitrogens with one attached hydrogen (secondary N) is 1. The first kappa shape index (κ1) is 8.25. The highest BCUT2D eigenvalue weighted by Crippen LogP contribution is 2.24. The van der Waals surface area contributed by atoms with Gasteiger partial charge in [0.15, 0.2) is 0 Å². The van der Waals surface area contributed by atoms with Crippen molar-refractivity contribution in [1.82, 2.24) is 10.2 Å². The van der Waals surface area contributed by atoms with E-state index >= 15 is 0 Å². The molecule has 0 spiro atoms. The predicted molar refractivity (Wildman–Crippen MR) is 46.2 cm³/mol. The first-order valence-corrected chi connectivity index (χ1v) is 4.19. The SMILES string of the molecule is CC1C(O)CC(=O)N1c1ccn[nH]1. The Labute approximate surface area is 75.4 Å². The molecule has 2 heterocycles. The van der Waals surface area contributed by atoms with Gasteiger partial charge in [-0.3, -0.25) is 14.8 Å². The van der Waals surface area contributed by atoms with Crippen LogP contribution in [-0.4, -0.2) is 33.4 Å². The number of hydrogen-bond acceptors (Lipinski definition) is 3. The third-order valence-corrected chi connectivity index (χ3v) is 2.36. The van der Waals surface area contributed by atoms with Gasteiger partial charge in [-0.05, 0) is 6.92 Å². The van der Waals surface area contributed by atoms with Crippen LogP contribution in [-0.2, 0) is 4.79 Å². The molecule has 0 aliphatic carbocycles. The van der Waals surface area contributed by atoms with Crippen LogP contribution in [0.4, 0.5) is 5.82 Å². The van der Waals surface area contributed by atoms with Gasteiger partial charge in [-0.15, -0.1) is 0 Å². The highest BCUT2D eigenvalue weighted by molar-refractivity contribution is 5.95. The Hall–Kier alpha value is -1.36. The number of amides is 1. The summed E-state index contributed by atoms with van der Waals surface area (Å²) in [5.74, 6) is 0.582. The zero-order chi connectivity index (χ0) is 9.42. The van der Waals surface area contributed by atoms with Crippen molar-refractivity contribution in [3.8, 4) is 0 Å². The Morgan fingerprint density at radius 3 is 3.00 bits per heavy atom. The first-order chi connectivity index (χ1) is 6.20. The number of aliphatic hydroxyl groups excluding tert-OH is 1. The highest BCUT2D eigenvalue weighted by atomic mass is 16.3. The molecular formula is C8H11N3O2. The molecule has 1 saturated heterocycles. The average Bonchev–Trinajstić information content (AvgIpc) is 2.63. The minimum atomic E-state index is -0.573. The van der Waals surface area contributed by atoms with Crippen LogP contribution in [0.5, 0.6) is 0 Å². The van der Waals surface area contributed by atoms with E-state index in [1.165, 1.54) is 4.90 Å². The molecule has 2 rings (SSSR count). The second kappa shape index (κ2) is 2.85. The Morgan fingerprint density at radius 2 is 2.54 bits per heavy atom. The van der Waals surface area contributed by atoms with Gasteiger partial charge in [0.25, 0.3) is 0 Å². The maximum absolute atomic E-state index is 11.4. The molecule has 1 aliphatic heterocycles. The molecular weight excluding hydrogens is 170 g/mol. The molecule has 2 N–H and O–H groups in total. The fraction of sp³-hybridized carbons (Fsp3) is 0.500. The standard InChI is InChI=1S/C8H11N3O2/c1-5-6(12)4-8(13)11(5)7-2-3-9-10-7/h2-3,5-6,12H,4H2,1H3,(H,9,10). The number of carbonyl (C=O) groups is 1. The van der Waals surface area contributed by atoms with Crippen LogP contribution < -0.4 is 4.90 Å². The average molecular weight is 181 g/mol.